The molecule has 1 heterocycles. The van der Waals surface area contributed by atoms with Crippen molar-refractivity contribution in [3.8, 4) is 5.69 Å². The van der Waals surface area contributed by atoms with E-state index >= 15 is 0 Å². The predicted octanol–water partition coefficient (Wildman–Crippen LogP) is 5.34. The molecule has 0 atom stereocenters. The molecule has 1 aromatic heterocycles. The van der Waals surface area contributed by atoms with Crippen LogP contribution in [-0.2, 0) is 0 Å². The van der Waals surface area contributed by atoms with Gasteiger partial charge in [-0.1, -0.05) is 48.5 Å². The smallest absolute Gasteiger partial charge is 0.121 e. The summed E-state index contributed by atoms with van der Waals surface area (Å²) in [4.78, 5) is 3.87. The van der Waals surface area contributed by atoms with Crippen molar-refractivity contribution in [2.24, 2.45) is 0 Å². The zero-order valence-corrected chi connectivity index (χ0v) is 14.9. The molecule has 0 radical (unpaired) electrons. The van der Waals surface area contributed by atoms with Gasteiger partial charge in [0.25, 0.3) is 0 Å². The van der Waals surface area contributed by atoms with Crippen molar-refractivity contribution in [3.63, 3.8) is 0 Å². The van der Waals surface area contributed by atoms with E-state index in [1.807, 2.05) is 36.4 Å². The van der Waals surface area contributed by atoms with Crippen LogP contribution in [0.5, 0.6) is 0 Å². The van der Waals surface area contributed by atoms with Crippen molar-refractivity contribution in [2.45, 2.75) is 0 Å². The van der Waals surface area contributed by atoms with Crippen LogP contribution >= 0.6 is 0 Å². The van der Waals surface area contributed by atoms with E-state index in [0.29, 0.717) is 0 Å². The maximum absolute atomic E-state index is 4.74. The fourth-order valence-electron chi connectivity index (χ4n) is 3.37. The molecule has 0 fully saturated rings. The molecule has 0 aliphatic rings. The summed E-state index contributed by atoms with van der Waals surface area (Å²) in [7, 11) is 2.07. The van der Waals surface area contributed by atoms with Gasteiger partial charge in [0.2, 0.25) is 0 Å². The molecule has 0 aliphatic carbocycles. The Kier molecular flexibility index (Phi) is 3.61. The minimum atomic E-state index is 0.902. The van der Waals surface area contributed by atoms with Gasteiger partial charge < -0.3 is 4.90 Å². The van der Waals surface area contributed by atoms with Crippen LogP contribution in [0.2, 0.25) is 0 Å². The molecule has 27 heavy (non-hydrogen) atoms. The molecule has 4 heteroatoms. The highest BCUT2D eigenvalue weighted by molar-refractivity contribution is 6.03. The second-order valence-corrected chi connectivity index (χ2v) is 6.55. The third kappa shape index (κ3) is 2.72. The first-order valence-corrected chi connectivity index (χ1v) is 8.94. The Hall–Kier alpha value is -3.66. The van der Waals surface area contributed by atoms with Crippen molar-refractivity contribution in [1.29, 1.82) is 0 Å². The summed E-state index contributed by atoms with van der Waals surface area (Å²) in [6, 6.07) is 31.0. The lowest BCUT2D eigenvalue weighted by Gasteiger charge is -2.19. The lowest BCUT2D eigenvalue weighted by atomic mass is 10.1. The number of aromatic nitrogens is 3. The van der Waals surface area contributed by atoms with Crippen LogP contribution in [0, 0.1) is 0 Å². The van der Waals surface area contributed by atoms with Gasteiger partial charge in [0.15, 0.2) is 0 Å². The van der Waals surface area contributed by atoms with E-state index in [1.165, 1.54) is 5.39 Å². The monoisotopic (exact) mass is 350 g/mol. The highest BCUT2D eigenvalue weighted by atomic mass is 15.5. The number of hydrogen-bond donors (Lipinski definition) is 0. The molecule has 130 valence electrons. The second kappa shape index (κ2) is 6.25. The van der Waals surface area contributed by atoms with E-state index in [0.717, 1.165) is 33.5 Å². The molecular weight excluding hydrogens is 332 g/mol. The maximum atomic E-state index is 4.74. The van der Waals surface area contributed by atoms with Crippen LogP contribution in [0.15, 0.2) is 91.0 Å². The topological polar surface area (TPSA) is 34.0 Å². The number of fused-ring (bicyclic) bond motifs is 3. The quantitative estimate of drug-likeness (QED) is 0.440. The SMILES string of the molecule is CN(c1ccccc1)c1ccc(-n2nc3ccc4ccccc4c3n2)cc1. The van der Waals surface area contributed by atoms with Gasteiger partial charge in [-0.25, -0.2) is 0 Å². The predicted molar refractivity (Wildman–Crippen MR) is 111 cm³/mol. The summed E-state index contributed by atoms with van der Waals surface area (Å²) >= 11 is 0. The van der Waals surface area contributed by atoms with Crippen molar-refractivity contribution in [3.05, 3.63) is 91.0 Å². The number of para-hydroxylation sites is 1. The highest BCUT2D eigenvalue weighted by Crippen LogP contribution is 2.26. The summed E-state index contributed by atoms with van der Waals surface area (Å²) in [6.45, 7) is 0. The van der Waals surface area contributed by atoms with Gasteiger partial charge >= 0.3 is 0 Å². The van der Waals surface area contributed by atoms with Crippen molar-refractivity contribution in [1.82, 2.24) is 15.0 Å². The lowest BCUT2D eigenvalue weighted by molar-refractivity contribution is 0.766. The van der Waals surface area contributed by atoms with Gasteiger partial charge in [-0.2, -0.15) is 4.80 Å². The van der Waals surface area contributed by atoms with Crippen LogP contribution in [0.1, 0.15) is 0 Å². The fourth-order valence-corrected chi connectivity index (χ4v) is 3.37. The summed E-state index contributed by atoms with van der Waals surface area (Å²) in [6.07, 6.45) is 0. The zero-order chi connectivity index (χ0) is 18.2. The number of benzene rings is 4. The van der Waals surface area contributed by atoms with Crippen LogP contribution in [0.3, 0.4) is 0 Å². The highest BCUT2D eigenvalue weighted by Gasteiger charge is 2.09. The van der Waals surface area contributed by atoms with Crippen LogP contribution in [0.25, 0.3) is 27.5 Å². The largest absolute Gasteiger partial charge is 0.345 e. The van der Waals surface area contributed by atoms with E-state index in [4.69, 9.17) is 5.10 Å². The fraction of sp³-hybridized carbons (Fsp3) is 0.0435. The standard InChI is InChI=1S/C23H18N4/c1-26(18-8-3-2-4-9-18)19-12-14-20(15-13-19)27-24-22-16-11-17-7-5-6-10-21(17)23(22)25-27/h2-16H,1H3. The van der Waals surface area contributed by atoms with E-state index in [1.54, 1.807) is 4.80 Å². The third-order valence-electron chi connectivity index (χ3n) is 4.89. The molecule has 5 aromatic rings. The van der Waals surface area contributed by atoms with E-state index in [9.17, 15) is 0 Å². The van der Waals surface area contributed by atoms with Crippen LogP contribution in [-0.4, -0.2) is 22.0 Å². The Morgan fingerprint density at radius 1 is 0.667 bits per heavy atom. The van der Waals surface area contributed by atoms with Crippen LogP contribution in [0.4, 0.5) is 11.4 Å². The Morgan fingerprint density at radius 2 is 1.37 bits per heavy atom. The first-order valence-electron chi connectivity index (χ1n) is 8.94. The average Bonchev–Trinajstić information content (AvgIpc) is 3.19. The Labute approximate surface area is 157 Å². The van der Waals surface area contributed by atoms with Crippen molar-refractivity contribution >= 4 is 33.2 Å². The first kappa shape index (κ1) is 15.6. The molecule has 0 unspecified atom stereocenters. The van der Waals surface area contributed by atoms with Gasteiger partial charge in [0.1, 0.15) is 11.0 Å². The molecule has 0 N–H and O–H groups in total. The Morgan fingerprint density at radius 3 is 2.19 bits per heavy atom. The van der Waals surface area contributed by atoms with Gasteiger partial charge in [-0.05, 0) is 47.9 Å². The van der Waals surface area contributed by atoms with Gasteiger partial charge in [0, 0.05) is 23.8 Å². The van der Waals surface area contributed by atoms with Crippen LogP contribution < -0.4 is 4.90 Å². The average molecular weight is 350 g/mol. The van der Waals surface area contributed by atoms with Gasteiger partial charge in [-0.3, -0.25) is 0 Å². The normalized spacial score (nSPS) is 11.1. The molecular formula is C23H18N4. The molecule has 0 saturated heterocycles. The second-order valence-electron chi connectivity index (χ2n) is 6.55. The van der Waals surface area contributed by atoms with E-state index < -0.39 is 0 Å². The van der Waals surface area contributed by atoms with E-state index in [-0.39, 0.29) is 0 Å². The molecule has 0 spiro atoms. The number of anilines is 2. The summed E-state index contributed by atoms with van der Waals surface area (Å²) in [5, 5.41) is 11.7. The first-order chi connectivity index (χ1) is 13.3. The number of rotatable bonds is 3. The van der Waals surface area contributed by atoms with Crippen molar-refractivity contribution < 1.29 is 0 Å². The van der Waals surface area contributed by atoms with Gasteiger partial charge in [-0.15, -0.1) is 10.2 Å². The van der Waals surface area contributed by atoms with E-state index in [2.05, 4.69) is 71.6 Å². The lowest BCUT2D eigenvalue weighted by Crippen LogP contribution is -2.09. The van der Waals surface area contributed by atoms with Gasteiger partial charge in [0.05, 0.1) is 5.69 Å². The zero-order valence-electron chi connectivity index (χ0n) is 14.9. The molecule has 5 rings (SSSR count). The minimum Gasteiger partial charge on any atom is -0.345 e. The molecule has 0 amide bonds. The summed E-state index contributed by atoms with van der Waals surface area (Å²) in [5.74, 6) is 0. The Balaban J connectivity index is 1.52. The molecule has 0 bridgehead atoms. The molecule has 4 nitrogen and oxygen atoms in total. The number of hydrogen-bond acceptors (Lipinski definition) is 3. The molecule has 0 aliphatic heterocycles. The minimum absolute atomic E-state index is 0.902. The molecule has 4 aromatic carbocycles. The molecule has 0 saturated carbocycles. The van der Waals surface area contributed by atoms with Crippen molar-refractivity contribution in [2.75, 3.05) is 11.9 Å². The maximum Gasteiger partial charge on any atom is 0.121 e. The third-order valence-corrected chi connectivity index (χ3v) is 4.89. The summed E-state index contributed by atoms with van der Waals surface area (Å²) in [5.41, 5.74) is 5.05. The summed E-state index contributed by atoms with van der Waals surface area (Å²) < 4.78 is 0. The number of nitrogens with zero attached hydrogens (tertiary/aromatic N) is 4. The Bertz CT molecular complexity index is 1220.